The van der Waals surface area contributed by atoms with Crippen LogP contribution in [-0.4, -0.2) is 30.1 Å². The van der Waals surface area contributed by atoms with Crippen molar-refractivity contribution in [3.63, 3.8) is 0 Å². The second-order valence-electron chi connectivity index (χ2n) is 4.68. The van der Waals surface area contributed by atoms with Crippen molar-refractivity contribution in [2.45, 2.75) is 32.4 Å². The molecule has 0 amide bonds. The van der Waals surface area contributed by atoms with Crippen LogP contribution >= 0.6 is 0 Å². The van der Waals surface area contributed by atoms with Gasteiger partial charge in [0, 0.05) is 18.7 Å². The summed E-state index contributed by atoms with van der Waals surface area (Å²) < 4.78 is 5.05. The minimum Gasteiger partial charge on any atom is -0.464 e. The molecule has 1 fully saturated rings. The van der Waals surface area contributed by atoms with Gasteiger partial charge in [0.1, 0.15) is 6.04 Å². The van der Waals surface area contributed by atoms with Crippen LogP contribution < -0.4 is 5.73 Å². The number of hydrogen-bond donors (Lipinski definition) is 1. The van der Waals surface area contributed by atoms with E-state index >= 15 is 0 Å². The minimum atomic E-state index is -0.0844. The van der Waals surface area contributed by atoms with Crippen LogP contribution in [0.1, 0.15) is 25.3 Å². The first-order chi connectivity index (χ1) is 8.70. The molecule has 1 aliphatic rings. The summed E-state index contributed by atoms with van der Waals surface area (Å²) in [6.45, 7) is 4.35. The Kier molecular flexibility index (Phi) is 4.20. The first kappa shape index (κ1) is 12.9. The van der Waals surface area contributed by atoms with E-state index < -0.39 is 0 Å². The Morgan fingerprint density at radius 3 is 2.67 bits per heavy atom. The average Bonchev–Trinajstić information content (AvgIpc) is 2.78. The Morgan fingerprint density at radius 2 is 2.11 bits per heavy atom. The quantitative estimate of drug-likeness (QED) is 0.637. The highest BCUT2D eigenvalue weighted by molar-refractivity contribution is 5.77. The smallest absolute Gasteiger partial charge is 0.323 e. The van der Waals surface area contributed by atoms with Gasteiger partial charge in [-0.25, -0.2) is 0 Å². The number of carbonyl (C=O) groups is 1. The molecule has 1 aliphatic heterocycles. The van der Waals surface area contributed by atoms with E-state index in [1.54, 1.807) is 0 Å². The van der Waals surface area contributed by atoms with Crippen LogP contribution in [0, 0.1) is 0 Å². The summed E-state index contributed by atoms with van der Waals surface area (Å²) >= 11 is 0. The number of anilines is 1. The van der Waals surface area contributed by atoms with E-state index in [1.165, 1.54) is 5.56 Å². The monoisotopic (exact) mass is 248 g/mol. The fourth-order valence-electron chi connectivity index (χ4n) is 2.31. The second-order valence-corrected chi connectivity index (χ2v) is 4.68. The molecule has 1 saturated heterocycles. The highest BCUT2D eigenvalue weighted by Gasteiger charge is 2.31. The lowest BCUT2D eigenvalue weighted by Crippen LogP contribution is -2.38. The van der Waals surface area contributed by atoms with E-state index in [1.807, 2.05) is 24.3 Å². The zero-order valence-corrected chi connectivity index (χ0v) is 10.8. The van der Waals surface area contributed by atoms with Gasteiger partial charge in [0.2, 0.25) is 0 Å². The van der Waals surface area contributed by atoms with Crippen LogP contribution in [0.15, 0.2) is 24.3 Å². The van der Waals surface area contributed by atoms with Crippen LogP contribution in [0.2, 0.25) is 0 Å². The van der Waals surface area contributed by atoms with Crippen molar-refractivity contribution in [3.05, 3.63) is 29.8 Å². The van der Waals surface area contributed by atoms with Crippen molar-refractivity contribution in [3.8, 4) is 0 Å². The standard InChI is InChI=1S/C14H20N2O2/c1-2-8-16(13-7-9-18-14(13)17)10-11-3-5-12(15)6-4-11/h3-6,13H,2,7-10,15H2,1H3. The third kappa shape index (κ3) is 3.01. The molecule has 0 saturated carbocycles. The zero-order chi connectivity index (χ0) is 13.0. The Hall–Kier alpha value is -1.55. The summed E-state index contributed by atoms with van der Waals surface area (Å²) in [5.41, 5.74) is 7.62. The molecule has 0 radical (unpaired) electrons. The van der Waals surface area contributed by atoms with Gasteiger partial charge < -0.3 is 10.5 Å². The molecule has 1 heterocycles. The maximum Gasteiger partial charge on any atom is 0.323 e. The number of cyclic esters (lactones) is 1. The molecule has 1 aromatic rings. The van der Waals surface area contributed by atoms with Gasteiger partial charge in [0.15, 0.2) is 0 Å². The lowest BCUT2D eigenvalue weighted by atomic mass is 10.1. The van der Waals surface area contributed by atoms with Crippen molar-refractivity contribution in [1.29, 1.82) is 0 Å². The number of carbonyl (C=O) groups excluding carboxylic acids is 1. The van der Waals surface area contributed by atoms with E-state index in [-0.39, 0.29) is 12.0 Å². The minimum absolute atomic E-state index is 0.0810. The van der Waals surface area contributed by atoms with Crippen LogP contribution in [0.3, 0.4) is 0 Å². The molecule has 0 bridgehead atoms. The summed E-state index contributed by atoms with van der Waals surface area (Å²) in [6, 6.07) is 7.73. The molecule has 2 N–H and O–H groups in total. The van der Waals surface area contributed by atoms with Crippen LogP contribution in [0.5, 0.6) is 0 Å². The summed E-state index contributed by atoms with van der Waals surface area (Å²) in [7, 11) is 0. The van der Waals surface area contributed by atoms with Gasteiger partial charge in [-0.2, -0.15) is 0 Å². The second kappa shape index (κ2) is 5.87. The predicted molar refractivity (Wildman–Crippen MR) is 70.9 cm³/mol. The number of ether oxygens (including phenoxy) is 1. The van der Waals surface area contributed by atoms with Gasteiger partial charge in [-0.15, -0.1) is 0 Å². The normalized spacial score (nSPS) is 19.2. The lowest BCUT2D eigenvalue weighted by molar-refractivity contribution is -0.142. The third-order valence-electron chi connectivity index (χ3n) is 3.22. The summed E-state index contributed by atoms with van der Waals surface area (Å²) in [5, 5.41) is 0. The lowest BCUT2D eigenvalue weighted by Gasteiger charge is -2.25. The van der Waals surface area contributed by atoms with Crippen LogP contribution in [0.4, 0.5) is 5.69 Å². The molecule has 0 aromatic heterocycles. The van der Waals surface area contributed by atoms with Crippen molar-refractivity contribution >= 4 is 11.7 Å². The average molecular weight is 248 g/mol. The van der Waals surface area contributed by atoms with Crippen molar-refractivity contribution in [2.24, 2.45) is 0 Å². The molecule has 18 heavy (non-hydrogen) atoms. The first-order valence-corrected chi connectivity index (χ1v) is 6.46. The fourth-order valence-corrected chi connectivity index (χ4v) is 2.31. The maximum atomic E-state index is 11.7. The molecule has 0 spiro atoms. The molecule has 98 valence electrons. The van der Waals surface area contributed by atoms with Gasteiger partial charge in [0.05, 0.1) is 6.61 Å². The number of nitrogen functional groups attached to an aromatic ring is 1. The number of benzene rings is 1. The van der Waals surface area contributed by atoms with E-state index in [4.69, 9.17) is 10.5 Å². The molecule has 0 aliphatic carbocycles. The van der Waals surface area contributed by atoms with Gasteiger partial charge >= 0.3 is 5.97 Å². The number of hydrogen-bond acceptors (Lipinski definition) is 4. The van der Waals surface area contributed by atoms with Crippen molar-refractivity contribution in [2.75, 3.05) is 18.9 Å². The van der Waals surface area contributed by atoms with Crippen LogP contribution in [0.25, 0.3) is 0 Å². The van der Waals surface area contributed by atoms with Crippen molar-refractivity contribution in [1.82, 2.24) is 4.90 Å². The predicted octanol–water partition coefficient (Wildman–Crippen LogP) is 1.80. The largest absolute Gasteiger partial charge is 0.464 e. The number of esters is 1. The Bertz CT molecular complexity index is 403. The van der Waals surface area contributed by atoms with Gasteiger partial charge in [0.25, 0.3) is 0 Å². The Balaban J connectivity index is 2.05. The van der Waals surface area contributed by atoms with Gasteiger partial charge in [-0.05, 0) is 30.7 Å². The summed E-state index contributed by atoms with van der Waals surface area (Å²) in [6.07, 6.45) is 1.83. The molecule has 2 rings (SSSR count). The molecular weight excluding hydrogens is 228 g/mol. The molecule has 1 aromatic carbocycles. The molecule has 1 atom stereocenters. The van der Waals surface area contributed by atoms with E-state index in [0.717, 1.165) is 31.6 Å². The van der Waals surface area contributed by atoms with E-state index in [9.17, 15) is 4.79 Å². The summed E-state index contributed by atoms with van der Waals surface area (Å²) in [5.74, 6) is -0.0844. The highest BCUT2D eigenvalue weighted by Crippen LogP contribution is 2.18. The first-order valence-electron chi connectivity index (χ1n) is 6.46. The Labute approximate surface area is 108 Å². The molecule has 4 heteroatoms. The number of nitrogens with zero attached hydrogens (tertiary/aromatic N) is 1. The highest BCUT2D eigenvalue weighted by atomic mass is 16.5. The molecule has 4 nitrogen and oxygen atoms in total. The number of rotatable bonds is 5. The maximum absolute atomic E-state index is 11.7. The van der Waals surface area contributed by atoms with Gasteiger partial charge in [-0.1, -0.05) is 19.1 Å². The SMILES string of the molecule is CCCN(Cc1ccc(N)cc1)C1CCOC1=O. The summed E-state index contributed by atoms with van der Waals surface area (Å²) in [4.78, 5) is 13.8. The number of nitrogens with two attached hydrogens (primary N) is 1. The topological polar surface area (TPSA) is 55.6 Å². The van der Waals surface area contributed by atoms with E-state index in [0.29, 0.717) is 6.61 Å². The van der Waals surface area contributed by atoms with Crippen LogP contribution in [-0.2, 0) is 16.1 Å². The zero-order valence-electron chi connectivity index (χ0n) is 10.8. The third-order valence-corrected chi connectivity index (χ3v) is 3.22. The fraction of sp³-hybridized carbons (Fsp3) is 0.500. The van der Waals surface area contributed by atoms with E-state index in [2.05, 4.69) is 11.8 Å². The molecular formula is C14H20N2O2. The molecule has 1 unspecified atom stereocenters. The van der Waals surface area contributed by atoms with Crippen molar-refractivity contribution < 1.29 is 9.53 Å². The van der Waals surface area contributed by atoms with Gasteiger partial charge in [-0.3, -0.25) is 9.69 Å². The Morgan fingerprint density at radius 1 is 1.39 bits per heavy atom.